The second-order valence-electron chi connectivity index (χ2n) is 4.15. The minimum absolute atomic E-state index is 0.175. The number of sulfonamides is 1. The molecule has 0 spiro atoms. The molecule has 0 aliphatic carbocycles. The van der Waals surface area contributed by atoms with Crippen LogP contribution in [0.15, 0.2) is 29.2 Å². The van der Waals surface area contributed by atoms with Crippen LogP contribution in [0.1, 0.15) is 5.56 Å². The second kappa shape index (κ2) is 5.10. The van der Waals surface area contributed by atoms with Gasteiger partial charge in [-0.2, -0.15) is 17.5 Å². The summed E-state index contributed by atoms with van der Waals surface area (Å²) < 4.78 is 64.1. The molecule has 106 valence electrons. The fraction of sp³-hybridized carbons (Fsp3) is 0.455. The first-order valence-electron chi connectivity index (χ1n) is 5.70. The average molecular weight is 294 g/mol. The maximum Gasteiger partial charge on any atom is 0.417 e. The normalized spacial score (nSPS) is 18.5. The van der Waals surface area contributed by atoms with Gasteiger partial charge in [0.1, 0.15) is 0 Å². The lowest BCUT2D eigenvalue weighted by Crippen LogP contribution is -2.46. The van der Waals surface area contributed by atoms with Gasteiger partial charge in [-0.05, 0) is 12.1 Å². The summed E-state index contributed by atoms with van der Waals surface area (Å²) in [5, 5.41) is 2.95. The zero-order valence-electron chi connectivity index (χ0n) is 9.94. The first kappa shape index (κ1) is 14.3. The number of hydrogen-bond acceptors (Lipinski definition) is 3. The molecular formula is C11H13F3N2O2S. The van der Waals surface area contributed by atoms with Gasteiger partial charge >= 0.3 is 6.18 Å². The molecule has 0 radical (unpaired) electrons. The fourth-order valence-electron chi connectivity index (χ4n) is 1.95. The molecule has 19 heavy (non-hydrogen) atoms. The number of halogens is 3. The van der Waals surface area contributed by atoms with E-state index in [2.05, 4.69) is 5.32 Å². The number of alkyl halides is 3. The molecule has 0 bridgehead atoms. The van der Waals surface area contributed by atoms with Gasteiger partial charge in [-0.1, -0.05) is 12.1 Å². The van der Waals surface area contributed by atoms with Gasteiger partial charge in [-0.25, -0.2) is 8.42 Å². The third-order valence-electron chi connectivity index (χ3n) is 2.89. The summed E-state index contributed by atoms with van der Waals surface area (Å²) in [6.45, 7) is 1.23. The molecule has 1 aromatic rings. The fourth-order valence-corrected chi connectivity index (χ4v) is 3.60. The SMILES string of the molecule is O=S(=O)(c1ccccc1C(F)(F)F)N1CCNCC1. The lowest BCUT2D eigenvalue weighted by molar-refractivity contribution is -0.139. The molecule has 0 amide bonds. The van der Waals surface area contributed by atoms with E-state index in [9.17, 15) is 21.6 Å². The molecule has 1 saturated heterocycles. The highest BCUT2D eigenvalue weighted by Crippen LogP contribution is 2.35. The van der Waals surface area contributed by atoms with Crippen LogP contribution in [-0.4, -0.2) is 38.9 Å². The van der Waals surface area contributed by atoms with Gasteiger partial charge in [0, 0.05) is 26.2 Å². The van der Waals surface area contributed by atoms with E-state index in [0.717, 1.165) is 16.4 Å². The van der Waals surface area contributed by atoms with Gasteiger partial charge < -0.3 is 5.32 Å². The van der Waals surface area contributed by atoms with Crippen molar-refractivity contribution < 1.29 is 21.6 Å². The highest BCUT2D eigenvalue weighted by Gasteiger charge is 2.38. The number of nitrogens with zero attached hydrogens (tertiary/aromatic N) is 1. The van der Waals surface area contributed by atoms with Crippen LogP contribution in [0.5, 0.6) is 0 Å². The van der Waals surface area contributed by atoms with Crippen LogP contribution in [0.3, 0.4) is 0 Å². The largest absolute Gasteiger partial charge is 0.417 e. The number of piperazine rings is 1. The van der Waals surface area contributed by atoms with Crippen LogP contribution in [0.25, 0.3) is 0 Å². The molecule has 0 unspecified atom stereocenters. The molecule has 8 heteroatoms. The first-order valence-corrected chi connectivity index (χ1v) is 7.14. The monoisotopic (exact) mass is 294 g/mol. The Labute approximate surface area is 109 Å². The highest BCUT2D eigenvalue weighted by atomic mass is 32.2. The summed E-state index contributed by atoms with van der Waals surface area (Å²) in [7, 11) is -4.10. The molecule has 0 saturated carbocycles. The lowest BCUT2D eigenvalue weighted by atomic mass is 10.2. The van der Waals surface area contributed by atoms with E-state index in [1.54, 1.807) is 0 Å². The van der Waals surface area contributed by atoms with E-state index < -0.39 is 26.7 Å². The first-order chi connectivity index (χ1) is 8.83. The van der Waals surface area contributed by atoms with Crippen molar-refractivity contribution in [3.63, 3.8) is 0 Å². The third-order valence-corrected chi connectivity index (χ3v) is 4.84. The van der Waals surface area contributed by atoms with Gasteiger partial charge in [0.25, 0.3) is 0 Å². The van der Waals surface area contributed by atoms with Gasteiger partial charge in [0.15, 0.2) is 0 Å². The molecule has 0 atom stereocenters. The van der Waals surface area contributed by atoms with E-state index in [0.29, 0.717) is 13.1 Å². The molecule has 4 nitrogen and oxygen atoms in total. The van der Waals surface area contributed by atoms with E-state index in [-0.39, 0.29) is 13.1 Å². The van der Waals surface area contributed by atoms with E-state index in [1.165, 1.54) is 12.1 Å². The predicted octanol–water partition coefficient (Wildman–Crippen LogP) is 1.30. The Kier molecular flexibility index (Phi) is 3.84. The number of rotatable bonds is 2. The van der Waals surface area contributed by atoms with Crippen molar-refractivity contribution in [3.8, 4) is 0 Å². The Morgan fingerprint density at radius 3 is 2.26 bits per heavy atom. The maximum absolute atomic E-state index is 12.9. The van der Waals surface area contributed by atoms with Gasteiger partial charge in [0.05, 0.1) is 10.5 Å². The summed E-state index contributed by atoms with van der Waals surface area (Å²) in [6, 6.07) is 4.26. The summed E-state index contributed by atoms with van der Waals surface area (Å²) in [5.74, 6) is 0. The Morgan fingerprint density at radius 1 is 1.11 bits per heavy atom. The van der Waals surface area contributed by atoms with E-state index >= 15 is 0 Å². The molecule has 1 heterocycles. The van der Waals surface area contributed by atoms with Crippen LogP contribution >= 0.6 is 0 Å². The van der Waals surface area contributed by atoms with Crippen molar-refractivity contribution in [2.24, 2.45) is 0 Å². The number of hydrogen-bond donors (Lipinski definition) is 1. The van der Waals surface area contributed by atoms with Crippen LogP contribution in [-0.2, 0) is 16.2 Å². The van der Waals surface area contributed by atoms with Gasteiger partial charge in [-0.3, -0.25) is 0 Å². The standard InChI is InChI=1S/C11H13F3N2O2S/c12-11(13,14)9-3-1-2-4-10(9)19(17,18)16-7-5-15-6-8-16/h1-4,15H,5-8H2. The van der Waals surface area contributed by atoms with Crippen LogP contribution in [0.2, 0.25) is 0 Å². The van der Waals surface area contributed by atoms with E-state index in [1.807, 2.05) is 0 Å². The second-order valence-corrected chi connectivity index (χ2v) is 6.05. The minimum atomic E-state index is -4.68. The molecule has 0 aromatic heterocycles. The Bertz CT molecular complexity index is 551. The van der Waals surface area contributed by atoms with Gasteiger partial charge in [-0.15, -0.1) is 0 Å². The molecular weight excluding hydrogens is 281 g/mol. The van der Waals surface area contributed by atoms with Crippen molar-refractivity contribution in [2.45, 2.75) is 11.1 Å². The van der Waals surface area contributed by atoms with Crippen LogP contribution in [0.4, 0.5) is 13.2 Å². The number of nitrogens with one attached hydrogen (secondary N) is 1. The molecule has 1 fully saturated rings. The van der Waals surface area contributed by atoms with Gasteiger partial charge in [0.2, 0.25) is 10.0 Å². The highest BCUT2D eigenvalue weighted by molar-refractivity contribution is 7.89. The number of benzene rings is 1. The van der Waals surface area contributed by atoms with Crippen molar-refractivity contribution in [1.29, 1.82) is 0 Å². The van der Waals surface area contributed by atoms with Crippen LogP contribution in [0, 0.1) is 0 Å². The Balaban J connectivity index is 2.46. The minimum Gasteiger partial charge on any atom is -0.314 e. The van der Waals surface area contributed by atoms with Crippen LogP contribution < -0.4 is 5.32 Å². The van der Waals surface area contributed by atoms with Crippen molar-refractivity contribution in [3.05, 3.63) is 29.8 Å². The summed E-state index contributed by atoms with van der Waals surface area (Å²) in [6.07, 6.45) is -4.68. The van der Waals surface area contributed by atoms with Crippen molar-refractivity contribution in [1.82, 2.24) is 9.62 Å². The molecule has 1 N–H and O–H groups in total. The zero-order chi connectivity index (χ0) is 14.1. The molecule has 2 rings (SSSR count). The Morgan fingerprint density at radius 2 is 1.68 bits per heavy atom. The van der Waals surface area contributed by atoms with E-state index in [4.69, 9.17) is 0 Å². The Hall–Kier alpha value is -1.12. The smallest absolute Gasteiger partial charge is 0.314 e. The summed E-state index contributed by atoms with van der Waals surface area (Å²) in [5.41, 5.74) is -1.12. The maximum atomic E-state index is 12.9. The zero-order valence-corrected chi connectivity index (χ0v) is 10.8. The molecule has 1 aromatic carbocycles. The topological polar surface area (TPSA) is 49.4 Å². The predicted molar refractivity (Wildman–Crippen MR) is 63.1 cm³/mol. The average Bonchev–Trinajstić information content (AvgIpc) is 2.39. The molecule has 1 aliphatic heterocycles. The summed E-state index contributed by atoms with van der Waals surface area (Å²) in [4.78, 5) is -0.676. The van der Waals surface area contributed by atoms with Crippen molar-refractivity contribution in [2.75, 3.05) is 26.2 Å². The van der Waals surface area contributed by atoms with Crippen molar-refractivity contribution >= 4 is 10.0 Å². The summed E-state index contributed by atoms with van der Waals surface area (Å²) >= 11 is 0. The lowest BCUT2D eigenvalue weighted by Gasteiger charge is -2.27. The third kappa shape index (κ3) is 2.90. The molecule has 1 aliphatic rings. The quantitative estimate of drug-likeness (QED) is 0.894.